The Morgan fingerprint density at radius 2 is 2.12 bits per heavy atom. The zero-order chi connectivity index (χ0) is 17.3. The van der Waals surface area contributed by atoms with Gasteiger partial charge in [-0.15, -0.1) is 0 Å². The molecule has 1 atom stereocenters. The van der Waals surface area contributed by atoms with Crippen molar-refractivity contribution in [1.29, 1.82) is 5.26 Å². The van der Waals surface area contributed by atoms with Gasteiger partial charge in [0.1, 0.15) is 11.9 Å². The molecule has 2 heterocycles. The number of aromatic nitrogens is 1. The Bertz CT molecular complexity index is 684. The molecule has 1 aromatic rings. The van der Waals surface area contributed by atoms with Crippen molar-refractivity contribution in [3.63, 3.8) is 0 Å². The molecule has 1 aromatic heterocycles. The lowest BCUT2D eigenvalue weighted by atomic mass is 9.95. The molecule has 1 aliphatic heterocycles. The van der Waals surface area contributed by atoms with E-state index in [0.717, 1.165) is 31.5 Å². The average molecular weight is 326 g/mol. The standard InChI is InChI=1S/C19H26N4O/c1-19(2,3)12-23-11-15(9-17(23)24)21-18-14(10-20)8-13-6-4-5-7-16(13)22-18/h8,15H,4-7,9,11-12H2,1-3H3,(H,21,22). The number of anilines is 1. The van der Waals surface area contributed by atoms with Gasteiger partial charge in [-0.05, 0) is 42.7 Å². The first kappa shape index (κ1) is 16.8. The van der Waals surface area contributed by atoms with Crippen molar-refractivity contribution in [2.45, 2.75) is 58.9 Å². The minimum atomic E-state index is 0.0288. The maximum Gasteiger partial charge on any atom is 0.224 e. The summed E-state index contributed by atoms with van der Waals surface area (Å²) in [5.41, 5.74) is 3.00. The maximum atomic E-state index is 12.2. The van der Waals surface area contributed by atoms with Gasteiger partial charge in [-0.1, -0.05) is 20.8 Å². The van der Waals surface area contributed by atoms with E-state index in [0.29, 0.717) is 24.3 Å². The van der Waals surface area contributed by atoms with Gasteiger partial charge in [0.2, 0.25) is 5.91 Å². The number of aryl methyl sites for hydroxylation is 2. The van der Waals surface area contributed by atoms with E-state index in [1.54, 1.807) is 0 Å². The molecular weight excluding hydrogens is 300 g/mol. The smallest absolute Gasteiger partial charge is 0.224 e. The van der Waals surface area contributed by atoms with Crippen molar-refractivity contribution < 1.29 is 4.79 Å². The third kappa shape index (κ3) is 3.69. The van der Waals surface area contributed by atoms with Gasteiger partial charge in [0.15, 0.2) is 0 Å². The van der Waals surface area contributed by atoms with Gasteiger partial charge >= 0.3 is 0 Å². The van der Waals surface area contributed by atoms with E-state index in [9.17, 15) is 10.1 Å². The molecule has 5 heteroatoms. The molecule has 0 aromatic carbocycles. The highest BCUT2D eigenvalue weighted by Gasteiger charge is 2.32. The molecule has 0 bridgehead atoms. The molecule has 1 aliphatic carbocycles. The largest absolute Gasteiger partial charge is 0.364 e. The van der Waals surface area contributed by atoms with Crippen LogP contribution in [0, 0.1) is 16.7 Å². The Balaban J connectivity index is 1.75. The second-order valence-corrected chi connectivity index (χ2v) is 8.19. The van der Waals surface area contributed by atoms with Crippen LogP contribution in [0.3, 0.4) is 0 Å². The summed E-state index contributed by atoms with van der Waals surface area (Å²) in [6.07, 6.45) is 4.80. The summed E-state index contributed by atoms with van der Waals surface area (Å²) in [6, 6.07) is 4.27. The molecule has 24 heavy (non-hydrogen) atoms. The van der Waals surface area contributed by atoms with E-state index in [1.165, 1.54) is 12.0 Å². The number of carbonyl (C=O) groups is 1. The second-order valence-electron chi connectivity index (χ2n) is 8.19. The molecule has 3 rings (SSSR count). The van der Waals surface area contributed by atoms with E-state index in [4.69, 9.17) is 4.98 Å². The van der Waals surface area contributed by atoms with Crippen molar-refractivity contribution in [2.75, 3.05) is 18.4 Å². The lowest BCUT2D eigenvalue weighted by molar-refractivity contribution is -0.128. The number of hydrogen-bond donors (Lipinski definition) is 1. The van der Waals surface area contributed by atoms with Crippen LogP contribution in [-0.4, -0.2) is 34.9 Å². The number of nitrogens with one attached hydrogen (secondary N) is 1. The highest BCUT2D eigenvalue weighted by atomic mass is 16.2. The number of likely N-dealkylation sites (tertiary alicyclic amines) is 1. The minimum Gasteiger partial charge on any atom is -0.364 e. The lowest BCUT2D eigenvalue weighted by Crippen LogP contribution is -2.35. The Hall–Kier alpha value is -2.09. The second kappa shape index (κ2) is 6.43. The van der Waals surface area contributed by atoms with Gasteiger partial charge in [-0.3, -0.25) is 4.79 Å². The first-order valence-corrected chi connectivity index (χ1v) is 8.83. The number of nitrogens with zero attached hydrogens (tertiary/aromatic N) is 3. The van der Waals surface area contributed by atoms with E-state index in [1.807, 2.05) is 11.0 Å². The predicted octanol–water partition coefficient (Wildman–Crippen LogP) is 2.89. The minimum absolute atomic E-state index is 0.0288. The average Bonchev–Trinajstić information content (AvgIpc) is 2.84. The molecule has 128 valence electrons. The molecule has 1 N–H and O–H groups in total. The summed E-state index contributed by atoms with van der Waals surface area (Å²) in [5.74, 6) is 0.826. The van der Waals surface area contributed by atoms with Gasteiger partial charge in [0, 0.05) is 25.2 Å². The molecule has 1 amide bonds. The molecular formula is C19H26N4O. The normalized spacial score (nSPS) is 20.7. The summed E-state index contributed by atoms with van der Waals surface area (Å²) >= 11 is 0. The van der Waals surface area contributed by atoms with Crippen LogP contribution in [0.5, 0.6) is 0 Å². The summed E-state index contributed by atoms with van der Waals surface area (Å²) in [5, 5.41) is 12.8. The van der Waals surface area contributed by atoms with Crippen molar-refractivity contribution in [3.05, 3.63) is 22.9 Å². The Kier molecular flexibility index (Phi) is 4.49. The topological polar surface area (TPSA) is 69.0 Å². The van der Waals surface area contributed by atoms with E-state index in [2.05, 4.69) is 32.2 Å². The van der Waals surface area contributed by atoms with Crippen LogP contribution >= 0.6 is 0 Å². The quantitative estimate of drug-likeness (QED) is 0.927. The first-order chi connectivity index (χ1) is 11.4. The van der Waals surface area contributed by atoms with Crippen molar-refractivity contribution in [2.24, 2.45) is 5.41 Å². The fourth-order valence-electron chi connectivity index (χ4n) is 3.62. The molecule has 5 nitrogen and oxygen atoms in total. The summed E-state index contributed by atoms with van der Waals surface area (Å²) < 4.78 is 0. The molecule has 0 saturated carbocycles. The lowest BCUT2D eigenvalue weighted by Gasteiger charge is -2.26. The number of hydrogen-bond acceptors (Lipinski definition) is 4. The number of carbonyl (C=O) groups excluding carboxylic acids is 1. The third-order valence-corrected chi connectivity index (χ3v) is 4.64. The summed E-state index contributed by atoms with van der Waals surface area (Å²) in [7, 11) is 0. The van der Waals surface area contributed by atoms with Gasteiger partial charge < -0.3 is 10.2 Å². The van der Waals surface area contributed by atoms with Crippen molar-refractivity contribution in [3.8, 4) is 6.07 Å². The highest BCUT2D eigenvalue weighted by molar-refractivity contribution is 5.80. The highest BCUT2D eigenvalue weighted by Crippen LogP contribution is 2.27. The van der Waals surface area contributed by atoms with Crippen LogP contribution in [-0.2, 0) is 17.6 Å². The molecule has 0 radical (unpaired) electrons. The number of amides is 1. The Labute approximate surface area is 144 Å². The SMILES string of the molecule is CC(C)(C)CN1CC(Nc2nc3c(cc2C#N)CCCC3)CC1=O. The number of fused-ring (bicyclic) bond motifs is 1. The maximum absolute atomic E-state index is 12.2. The van der Waals surface area contributed by atoms with Gasteiger partial charge in [-0.25, -0.2) is 4.98 Å². The molecule has 1 fully saturated rings. The monoisotopic (exact) mass is 326 g/mol. The van der Waals surface area contributed by atoms with Crippen molar-refractivity contribution >= 4 is 11.7 Å². The fourth-order valence-corrected chi connectivity index (χ4v) is 3.62. The first-order valence-electron chi connectivity index (χ1n) is 8.83. The van der Waals surface area contributed by atoms with Crippen LogP contribution in [0.4, 0.5) is 5.82 Å². The van der Waals surface area contributed by atoms with Crippen LogP contribution in [0.15, 0.2) is 6.07 Å². The number of nitriles is 1. The van der Waals surface area contributed by atoms with Crippen LogP contribution in [0.25, 0.3) is 0 Å². The number of pyridine rings is 1. The summed E-state index contributed by atoms with van der Waals surface area (Å²) in [6.45, 7) is 7.85. The zero-order valence-electron chi connectivity index (χ0n) is 14.9. The van der Waals surface area contributed by atoms with E-state index in [-0.39, 0.29) is 17.4 Å². The van der Waals surface area contributed by atoms with E-state index < -0.39 is 0 Å². The predicted molar refractivity (Wildman–Crippen MR) is 93.7 cm³/mol. The summed E-state index contributed by atoms with van der Waals surface area (Å²) in [4.78, 5) is 18.9. The molecule has 1 saturated heterocycles. The third-order valence-electron chi connectivity index (χ3n) is 4.64. The van der Waals surface area contributed by atoms with E-state index >= 15 is 0 Å². The van der Waals surface area contributed by atoms with Gasteiger partial charge in [0.25, 0.3) is 0 Å². The molecule has 0 spiro atoms. The molecule has 2 aliphatic rings. The zero-order valence-corrected chi connectivity index (χ0v) is 14.9. The van der Waals surface area contributed by atoms with Crippen molar-refractivity contribution in [1.82, 2.24) is 9.88 Å². The fraction of sp³-hybridized carbons (Fsp3) is 0.632. The van der Waals surface area contributed by atoms with Crippen LogP contribution in [0.2, 0.25) is 0 Å². The van der Waals surface area contributed by atoms with Crippen LogP contribution in [0.1, 0.15) is 56.9 Å². The van der Waals surface area contributed by atoms with Gasteiger partial charge in [-0.2, -0.15) is 5.26 Å². The Morgan fingerprint density at radius 3 is 2.83 bits per heavy atom. The number of rotatable bonds is 3. The Morgan fingerprint density at radius 1 is 1.38 bits per heavy atom. The molecule has 1 unspecified atom stereocenters. The van der Waals surface area contributed by atoms with Gasteiger partial charge in [0.05, 0.1) is 11.6 Å². The van der Waals surface area contributed by atoms with Crippen LogP contribution < -0.4 is 5.32 Å².